The first kappa shape index (κ1) is 25.6. The smallest absolute Gasteiger partial charge is 0.244 e. The number of fused-ring (bicyclic) bond motifs is 1. The summed E-state index contributed by atoms with van der Waals surface area (Å²) >= 11 is 6.32. The van der Waals surface area contributed by atoms with E-state index in [9.17, 15) is 18.0 Å². The number of halogens is 1. The van der Waals surface area contributed by atoms with E-state index in [1.165, 1.54) is 11.0 Å². The molecule has 0 saturated heterocycles. The van der Waals surface area contributed by atoms with Crippen molar-refractivity contribution in [3.05, 3.63) is 53.1 Å². The number of nitrogens with zero attached hydrogens (tertiary/aromatic N) is 2. The number of carbonyl (C=O) groups excluding carboxylic acids is 2. The van der Waals surface area contributed by atoms with Gasteiger partial charge in [-0.2, -0.15) is 0 Å². The zero-order valence-corrected chi connectivity index (χ0v) is 20.9. The first-order valence-corrected chi connectivity index (χ1v) is 13.1. The van der Waals surface area contributed by atoms with Crippen LogP contribution in [0.25, 0.3) is 0 Å². The number of hydrogen-bond acceptors (Lipinski definition) is 6. The first-order valence-electron chi connectivity index (χ1n) is 10.8. The number of sulfonamides is 1. The summed E-state index contributed by atoms with van der Waals surface area (Å²) in [6.45, 7) is 3.56. The maximum absolute atomic E-state index is 13.6. The Morgan fingerprint density at radius 1 is 1.12 bits per heavy atom. The fraction of sp³-hybridized carbons (Fsp3) is 0.391. The van der Waals surface area contributed by atoms with Gasteiger partial charge in [0.05, 0.1) is 11.9 Å². The van der Waals surface area contributed by atoms with E-state index >= 15 is 0 Å². The quantitative estimate of drug-likeness (QED) is 0.528. The van der Waals surface area contributed by atoms with Crippen LogP contribution >= 0.6 is 11.6 Å². The van der Waals surface area contributed by atoms with Crippen molar-refractivity contribution < 1.29 is 27.5 Å². The summed E-state index contributed by atoms with van der Waals surface area (Å²) in [6, 6.07) is 10.8. The minimum atomic E-state index is -3.85. The summed E-state index contributed by atoms with van der Waals surface area (Å²) < 4.78 is 37.0. The monoisotopic (exact) mass is 509 g/mol. The highest BCUT2D eigenvalue weighted by Gasteiger charge is 2.32. The van der Waals surface area contributed by atoms with Crippen molar-refractivity contribution in [1.29, 1.82) is 0 Å². The van der Waals surface area contributed by atoms with Gasteiger partial charge in [0, 0.05) is 24.2 Å². The highest BCUT2D eigenvalue weighted by molar-refractivity contribution is 7.92. The Kier molecular flexibility index (Phi) is 8.27. The fourth-order valence-electron chi connectivity index (χ4n) is 3.68. The van der Waals surface area contributed by atoms with E-state index in [0.29, 0.717) is 35.1 Å². The van der Waals surface area contributed by atoms with Crippen LogP contribution < -0.4 is 19.1 Å². The van der Waals surface area contributed by atoms with Gasteiger partial charge in [0.2, 0.25) is 28.6 Å². The molecule has 34 heavy (non-hydrogen) atoms. The van der Waals surface area contributed by atoms with Gasteiger partial charge in [-0.25, -0.2) is 8.42 Å². The Morgan fingerprint density at radius 3 is 2.47 bits per heavy atom. The van der Waals surface area contributed by atoms with Gasteiger partial charge in [-0.15, -0.1) is 0 Å². The van der Waals surface area contributed by atoms with Crippen molar-refractivity contribution in [3.63, 3.8) is 0 Å². The molecular weight excluding hydrogens is 482 g/mol. The zero-order valence-electron chi connectivity index (χ0n) is 19.3. The van der Waals surface area contributed by atoms with E-state index < -0.39 is 28.5 Å². The lowest BCUT2D eigenvalue weighted by Crippen LogP contribution is -2.52. The van der Waals surface area contributed by atoms with Gasteiger partial charge in [-0.05, 0) is 37.1 Å². The van der Waals surface area contributed by atoms with Gasteiger partial charge in [0.15, 0.2) is 11.5 Å². The Hall–Kier alpha value is -2.98. The molecule has 0 spiro atoms. The molecule has 2 amide bonds. The molecule has 1 aliphatic heterocycles. The summed E-state index contributed by atoms with van der Waals surface area (Å²) in [6.07, 6.45) is 1.36. The number of likely N-dealkylation sites (N-methyl/N-ethyl adjacent to an activating group) is 1. The number of amides is 2. The normalized spacial score (nSPS) is 13.3. The molecule has 1 heterocycles. The van der Waals surface area contributed by atoms with Gasteiger partial charge < -0.3 is 19.7 Å². The molecule has 0 fully saturated rings. The van der Waals surface area contributed by atoms with Crippen molar-refractivity contribution in [2.24, 2.45) is 0 Å². The number of nitrogens with one attached hydrogen (secondary N) is 1. The van der Waals surface area contributed by atoms with Gasteiger partial charge in [0.25, 0.3) is 0 Å². The van der Waals surface area contributed by atoms with Crippen molar-refractivity contribution >= 4 is 39.1 Å². The summed E-state index contributed by atoms with van der Waals surface area (Å²) in [5.74, 6) is 0.0203. The van der Waals surface area contributed by atoms with Gasteiger partial charge in [-0.3, -0.25) is 13.9 Å². The molecule has 184 valence electrons. The highest BCUT2D eigenvalue weighted by Crippen LogP contribution is 2.36. The Morgan fingerprint density at radius 2 is 1.82 bits per heavy atom. The van der Waals surface area contributed by atoms with Gasteiger partial charge >= 0.3 is 0 Å². The van der Waals surface area contributed by atoms with Crippen molar-refractivity contribution in [3.8, 4) is 11.5 Å². The molecule has 0 aliphatic carbocycles. The fourth-order valence-corrected chi connectivity index (χ4v) is 4.71. The second-order valence-corrected chi connectivity index (χ2v) is 10.1. The number of carbonyl (C=O) groups is 2. The predicted octanol–water partition coefficient (Wildman–Crippen LogP) is 2.78. The number of rotatable bonds is 10. The largest absolute Gasteiger partial charge is 0.454 e. The minimum Gasteiger partial charge on any atom is -0.454 e. The summed E-state index contributed by atoms with van der Waals surface area (Å²) in [7, 11) is -3.85. The van der Waals surface area contributed by atoms with Gasteiger partial charge in [-0.1, -0.05) is 36.7 Å². The lowest BCUT2D eigenvalue weighted by Gasteiger charge is -2.33. The maximum Gasteiger partial charge on any atom is 0.244 e. The molecule has 3 rings (SSSR count). The van der Waals surface area contributed by atoms with Crippen molar-refractivity contribution in [2.45, 2.75) is 32.9 Å². The molecule has 0 bridgehead atoms. The summed E-state index contributed by atoms with van der Waals surface area (Å²) in [4.78, 5) is 27.7. The average Bonchev–Trinajstić information content (AvgIpc) is 3.25. The third kappa shape index (κ3) is 5.92. The number of anilines is 1. The molecule has 0 saturated carbocycles. The third-order valence-corrected chi connectivity index (χ3v) is 6.87. The zero-order chi connectivity index (χ0) is 24.9. The average molecular weight is 510 g/mol. The molecule has 2 aromatic rings. The van der Waals surface area contributed by atoms with Crippen molar-refractivity contribution in [1.82, 2.24) is 10.2 Å². The number of benzene rings is 2. The Bertz CT molecular complexity index is 1160. The van der Waals surface area contributed by atoms with Crippen LogP contribution in [0.3, 0.4) is 0 Å². The molecule has 11 heteroatoms. The molecular formula is C23H28ClN3O6S. The predicted molar refractivity (Wildman–Crippen MR) is 130 cm³/mol. The lowest BCUT2D eigenvalue weighted by atomic mass is 10.1. The van der Waals surface area contributed by atoms with Crippen LogP contribution in [0.2, 0.25) is 5.02 Å². The van der Waals surface area contributed by atoms with E-state index in [4.69, 9.17) is 21.1 Å². The summed E-state index contributed by atoms with van der Waals surface area (Å²) in [5, 5.41) is 3.19. The molecule has 1 aliphatic rings. The van der Waals surface area contributed by atoms with Crippen LogP contribution in [0, 0.1) is 0 Å². The second kappa shape index (κ2) is 11.0. The SMILES string of the molecule is CCNC(=O)[C@@H](CC)N(Cc1ccccc1Cl)C(=O)CN(c1ccc2c(c1)OCO2)S(C)(=O)=O. The van der Waals surface area contributed by atoms with Crippen molar-refractivity contribution in [2.75, 3.05) is 30.4 Å². The van der Waals surface area contributed by atoms with Gasteiger partial charge in [0.1, 0.15) is 12.6 Å². The minimum absolute atomic E-state index is 0.0346. The number of ether oxygens (including phenoxy) is 2. The number of hydrogen-bond donors (Lipinski definition) is 1. The third-order valence-electron chi connectivity index (χ3n) is 5.36. The molecule has 0 unspecified atom stereocenters. The molecule has 2 aromatic carbocycles. The van der Waals surface area contributed by atoms with Crippen LogP contribution in [0.5, 0.6) is 11.5 Å². The molecule has 0 radical (unpaired) electrons. The van der Waals surface area contributed by atoms with Crippen LogP contribution in [0.1, 0.15) is 25.8 Å². The van der Waals surface area contributed by atoms with E-state index in [2.05, 4.69) is 5.32 Å². The maximum atomic E-state index is 13.6. The van der Waals surface area contributed by atoms with Crippen LogP contribution in [-0.2, 0) is 26.2 Å². The standard InChI is InChI=1S/C23H28ClN3O6S/c1-4-19(23(29)25-5-2)26(13-16-8-6-7-9-18(16)24)22(28)14-27(34(3,30)31)17-10-11-20-21(12-17)33-15-32-20/h6-12,19H,4-5,13-15H2,1-3H3,(H,25,29)/t19-/m1/s1. The molecule has 0 aromatic heterocycles. The molecule has 1 atom stereocenters. The first-order chi connectivity index (χ1) is 16.2. The molecule has 9 nitrogen and oxygen atoms in total. The second-order valence-electron chi connectivity index (χ2n) is 7.74. The summed E-state index contributed by atoms with van der Waals surface area (Å²) in [5.41, 5.74) is 0.901. The van der Waals surface area contributed by atoms with E-state index in [-0.39, 0.29) is 24.9 Å². The van der Waals surface area contributed by atoms with E-state index in [1.54, 1.807) is 50.2 Å². The van der Waals surface area contributed by atoms with Crippen LogP contribution in [0.15, 0.2) is 42.5 Å². The Balaban J connectivity index is 1.95. The van der Waals surface area contributed by atoms with Crippen LogP contribution in [-0.4, -0.2) is 57.3 Å². The van der Waals surface area contributed by atoms with E-state index in [1.807, 2.05) is 0 Å². The van der Waals surface area contributed by atoms with E-state index in [0.717, 1.165) is 10.6 Å². The highest BCUT2D eigenvalue weighted by atomic mass is 35.5. The topological polar surface area (TPSA) is 105 Å². The molecule has 1 N–H and O–H groups in total. The van der Waals surface area contributed by atoms with Crippen LogP contribution in [0.4, 0.5) is 5.69 Å². The lowest BCUT2D eigenvalue weighted by molar-refractivity contribution is -0.140. The Labute approximate surface area is 204 Å².